The van der Waals surface area contributed by atoms with Crippen molar-refractivity contribution >= 4 is 33.4 Å². The first-order valence-corrected chi connectivity index (χ1v) is 15.5. The van der Waals surface area contributed by atoms with Gasteiger partial charge in [-0.1, -0.05) is 6.42 Å². The standard InChI is InChI=1S/C27H35N3O5S2/c1-29-11-5-6-13-30(37(32,33)22-8-9-26-23(17-22)28-27(31)10-14-36-26)12-4-2-3-7-20-15-24-25(35-19-34-24)16-21(20)18-29/h8-9,15-17H,2-7,10-14,18-19H2,1H3,(H,28,31). The van der Waals surface area contributed by atoms with Crippen LogP contribution in [-0.2, 0) is 27.8 Å². The molecule has 3 heterocycles. The highest BCUT2D eigenvalue weighted by molar-refractivity contribution is 7.99. The lowest BCUT2D eigenvalue weighted by atomic mass is 9.99. The van der Waals surface area contributed by atoms with E-state index in [1.807, 2.05) is 6.07 Å². The largest absolute Gasteiger partial charge is 0.454 e. The summed E-state index contributed by atoms with van der Waals surface area (Å²) in [5, 5.41) is 2.87. The maximum absolute atomic E-state index is 13.7. The molecule has 0 radical (unpaired) electrons. The van der Waals surface area contributed by atoms with Crippen molar-refractivity contribution in [2.45, 2.75) is 61.3 Å². The highest BCUT2D eigenvalue weighted by atomic mass is 32.2. The average Bonchev–Trinajstić information content (AvgIpc) is 3.23. The number of benzene rings is 2. The molecule has 0 atom stereocenters. The number of nitrogens with zero attached hydrogens (tertiary/aromatic N) is 2. The van der Waals surface area contributed by atoms with Crippen LogP contribution >= 0.6 is 11.8 Å². The Bertz CT molecular complexity index is 1250. The van der Waals surface area contributed by atoms with Gasteiger partial charge in [0, 0.05) is 36.7 Å². The molecule has 3 aliphatic heterocycles. The normalized spacial score (nSPS) is 20.3. The fourth-order valence-corrected chi connectivity index (χ4v) is 7.57. The van der Waals surface area contributed by atoms with E-state index in [1.54, 1.807) is 28.2 Å². The van der Waals surface area contributed by atoms with Gasteiger partial charge in [0.15, 0.2) is 11.5 Å². The second-order valence-corrected chi connectivity index (χ2v) is 13.0. The summed E-state index contributed by atoms with van der Waals surface area (Å²) in [6, 6.07) is 9.36. The van der Waals surface area contributed by atoms with Crippen LogP contribution in [0.25, 0.3) is 0 Å². The molecule has 1 amide bonds. The van der Waals surface area contributed by atoms with Crippen LogP contribution < -0.4 is 14.8 Å². The zero-order valence-electron chi connectivity index (χ0n) is 21.3. The quantitative estimate of drug-likeness (QED) is 0.595. The lowest BCUT2D eigenvalue weighted by Gasteiger charge is -2.24. The Kier molecular flexibility index (Phi) is 8.28. The van der Waals surface area contributed by atoms with E-state index in [2.05, 4.69) is 29.4 Å². The molecule has 0 fully saturated rings. The number of fused-ring (bicyclic) bond motifs is 3. The molecule has 0 spiro atoms. The molecule has 8 nitrogen and oxygen atoms in total. The van der Waals surface area contributed by atoms with Gasteiger partial charge in [0.05, 0.1) is 10.6 Å². The van der Waals surface area contributed by atoms with E-state index >= 15 is 0 Å². The monoisotopic (exact) mass is 545 g/mol. The van der Waals surface area contributed by atoms with E-state index in [0.717, 1.165) is 68.0 Å². The van der Waals surface area contributed by atoms with Crippen LogP contribution in [0.4, 0.5) is 5.69 Å². The molecule has 0 saturated carbocycles. The SMILES string of the molecule is CN1CCCCN(S(=O)(=O)c2ccc3c(c2)NC(=O)CCS3)CCCCCc2cc3c(cc2C1)OCO3. The molecule has 1 N–H and O–H groups in total. The molecular formula is C27H35N3O5S2. The van der Waals surface area contributed by atoms with Crippen LogP contribution in [0, 0.1) is 0 Å². The molecular weight excluding hydrogens is 510 g/mol. The average molecular weight is 546 g/mol. The molecule has 3 aliphatic rings. The van der Waals surface area contributed by atoms with Crippen molar-refractivity contribution in [3.05, 3.63) is 41.5 Å². The van der Waals surface area contributed by atoms with Crippen molar-refractivity contribution in [1.29, 1.82) is 0 Å². The first-order valence-electron chi connectivity index (χ1n) is 13.1. The number of ether oxygens (including phenoxy) is 2. The summed E-state index contributed by atoms with van der Waals surface area (Å²) < 4.78 is 40.2. The summed E-state index contributed by atoms with van der Waals surface area (Å²) in [4.78, 5) is 15.5. The van der Waals surface area contributed by atoms with Crippen molar-refractivity contribution in [1.82, 2.24) is 9.21 Å². The van der Waals surface area contributed by atoms with E-state index in [-0.39, 0.29) is 17.6 Å². The third-order valence-electron chi connectivity index (χ3n) is 7.14. The maximum atomic E-state index is 13.7. The van der Waals surface area contributed by atoms with Gasteiger partial charge in [0.2, 0.25) is 22.7 Å². The van der Waals surface area contributed by atoms with Crippen LogP contribution in [-0.4, -0.2) is 62.8 Å². The third kappa shape index (κ3) is 6.25. The van der Waals surface area contributed by atoms with Crippen molar-refractivity contribution in [3.8, 4) is 11.5 Å². The zero-order valence-corrected chi connectivity index (χ0v) is 23.0. The number of sulfonamides is 1. The van der Waals surface area contributed by atoms with Gasteiger partial charge in [-0.15, -0.1) is 11.8 Å². The maximum Gasteiger partial charge on any atom is 0.243 e. The number of aryl methyl sites for hydroxylation is 1. The van der Waals surface area contributed by atoms with E-state index in [4.69, 9.17) is 9.47 Å². The predicted octanol–water partition coefficient (Wildman–Crippen LogP) is 4.48. The van der Waals surface area contributed by atoms with Gasteiger partial charge >= 0.3 is 0 Å². The molecule has 0 saturated heterocycles. The van der Waals surface area contributed by atoms with Crippen LogP contribution in [0.1, 0.15) is 49.7 Å². The fourth-order valence-electron chi connectivity index (χ4n) is 5.09. The van der Waals surface area contributed by atoms with Gasteiger partial charge in [-0.2, -0.15) is 4.31 Å². The Balaban J connectivity index is 1.31. The minimum Gasteiger partial charge on any atom is -0.454 e. The summed E-state index contributed by atoms with van der Waals surface area (Å²) in [6.45, 7) is 2.96. The Labute approximate surface area is 223 Å². The molecule has 10 heteroatoms. The van der Waals surface area contributed by atoms with Crippen LogP contribution in [0.2, 0.25) is 0 Å². The van der Waals surface area contributed by atoms with E-state index in [1.165, 1.54) is 11.1 Å². The smallest absolute Gasteiger partial charge is 0.243 e. The predicted molar refractivity (Wildman–Crippen MR) is 145 cm³/mol. The summed E-state index contributed by atoms with van der Waals surface area (Å²) in [5.74, 6) is 2.26. The second kappa shape index (κ2) is 11.6. The number of anilines is 1. The van der Waals surface area contributed by atoms with Crippen LogP contribution in [0.3, 0.4) is 0 Å². The number of nitrogens with one attached hydrogen (secondary N) is 1. The molecule has 200 valence electrons. The van der Waals surface area contributed by atoms with Crippen LogP contribution in [0.15, 0.2) is 40.1 Å². The highest BCUT2D eigenvalue weighted by Gasteiger charge is 2.26. The van der Waals surface area contributed by atoms with Crippen molar-refractivity contribution in [3.63, 3.8) is 0 Å². The van der Waals surface area contributed by atoms with E-state index < -0.39 is 10.0 Å². The number of amides is 1. The summed E-state index contributed by atoms with van der Waals surface area (Å²) >= 11 is 1.58. The Morgan fingerprint density at radius 1 is 0.892 bits per heavy atom. The molecule has 0 bridgehead atoms. The molecule has 37 heavy (non-hydrogen) atoms. The topological polar surface area (TPSA) is 88.2 Å². The molecule has 0 aromatic heterocycles. The van der Waals surface area contributed by atoms with Gasteiger partial charge in [-0.25, -0.2) is 8.42 Å². The minimum atomic E-state index is -3.67. The Morgan fingerprint density at radius 3 is 2.43 bits per heavy atom. The number of hydrogen-bond acceptors (Lipinski definition) is 7. The number of rotatable bonds is 2. The van der Waals surface area contributed by atoms with Gasteiger partial charge in [0.1, 0.15) is 0 Å². The fraction of sp³-hybridized carbons (Fsp3) is 0.519. The first kappa shape index (κ1) is 26.3. The number of carbonyl (C=O) groups excluding carboxylic acids is 1. The summed E-state index contributed by atoms with van der Waals surface area (Å²) in [6.07, 6.45) is 5.76. The number of carbonyl (C=O) groups is 1. The second-order valence-electron chi connectivity index (χ2n) is 9.94. The lowest BCUT2D eigenvalue weighted by molar-refractivity contribution is -0.115. The highest BCUT2D eigenvalue weighted by Crippen LogP contribution is 2.36. The lowest BCUT2D eigenvalue weighted by Crippen LogP contribution is -2.33. The Hall–Kier alpha value is -2.27. The number of hydrogen-bond donors (Lipinski definition) is 1. The van der Waals surface area contributed by atoms with Gasteiger partial charge in [0.25, 0.3) is 0 Å². The van der Waals surface area contributed by atoms with Crippen LogP contribution in [0.5, 0.6) is 11.5 Å². The molecule has 0 unspecified atom stereocenters. The van der Waals surface area contributed by atoms with E-state index in [0.29, 0.717) is 31.0 Å². The molecule has 5 rings (SSSR count). The summed E-state index contributed by atoms with van der Waals surface area (Å²) in [5.41, 5.74) is 3.15. The van der Waals surface area contributed by atoms with Crippen molar-refractivity contribution < 1.29 is 22.7 Å². The zero-order chi connectivity index (χ0) is 25.8. The summed E-state index contributed by atoms with van der Waals surface area (Å²) in [7, 11) is -1.56. The van der Waals surface area contributed by atoms with E-state index in [9.17, 15) is 13.2 Å². The van der Waals surface area contributed by atoms with Crippen molar-refractivity contribution in [2.75, 3.05) is 44.5 Å². The van der Waals surface area contributed by atoms with Gasteiger partial charge in [-0.3, -0.25) is 4.79 Å². The first-order chi connectivity index (χ1) is 17.9. The van der Waals surface area contributed by atoms with Gasteiger partial charge in [-0.05, 0) is 87.2 Å². The molecule has 2 aromatic rings. The molecule has 2 aromatic carbocycles. The number of thioether (sulfide) groups is 1. The minimum absolute atomic E-state index is 0.0752. The van der Waals surface area contributed by atoms with Gasteiger partial charge < -0.3 is 19.7 Å². The third-order valence-corrected chi connectivity index (χ3v) is 10.1. The Morgan fingerprint density at radius 2 is 1.62 bits per heavy atom. The molecule has 0 aliphatic carbocycles. The van der Waals surface area contributed by atoms with Crippen molar-refractivity contribution in [2.24, 2.45) is 0 Å².